The van der Waals surface area contributed by atoms with Crippen molar-refractivity contribution in [2.24, 2.45) is 0 Å². The molecule has 1 amide bonds. The Morgan fingerprint density at radius 2 is 1.75 bits per heavy atom. The van der Waals surface area contributed by atoms with Gasteiger partial charge in [0.25, 0.3) is 5.91 Å². The molecule has 162 valence electrons. The zero-order chi connectivity index (χ0) is 21.8. The maximum atomic E-state index is 13.1. The Balaban J connectivity index is 1.27. The number of fused-ring (bicyclic) bond motifs is 1. The summed E-state index contributed by atoms with van der Waals surface area (Å²) in [4.78, 5) is 21.1. The molecule has 3 heterocycles. The van der Waals surface area contributed by atoms with E-state index in [-0.39, 0.29) is 5.91 Å². The zero-order valence-corrected chi connectivity index (χ0v) is 18.7. The molecule has 2 aromatic carbocycles. The number of nitrogens with one attached hydrogen (secondary N) is 1. The fraction of sp³-hybridized carbons (Fsp3) is 0.231. The number of imidazole rings is 1. The Bertz CT molecular complexity index is 1200. The summed E-state index contributed by atoms with van der Waals surface area (Å²) in [5.74, 6) is 0.670. The van der Waals surface area contributed by atoms with E-state index in [0.717, 1.165) is 34.9 Å². The molecule has 5 nitrogen and oxygen atoms in total. The van der Waals surface area contributed by atoms with Crippen LogP contribution in [-0.4, -0.2) is 28.4 Å². The lowest BCUT2D eigenvalue weighted by Gasteiger charge is -2.21. The lowest BCUT2D eigenvalue weighted by molar-refractivity contribution is 0.0948. The minimum absolute atomic E-state index is 0.0423. The Hall–Kier alpha value is -3.25. The second-order valence-electron chi connectivity index (χ2n) is 7.99. The van der Waals surface area contributed by atoms with Crippen molar-refractivity contribution in [1.82, 2.24) is 14.7 Å². The molecule has 1 N–H and O–H groups in total. The third-order valence-corrected chi connectivity index (χ3v) is 6.91. The van der Waals surface area contributed by atoms with Crippen LogP contribution in [0, 0.1) is 0 Å². The minimum Gasteiger partial charge on any atom is -0.371 e. The van der Waals surface area contributed by atoms with E-state index in [4.69, 9.17) is 0 Å². The molecule has 0 saturated carbocycles. The fourth-order valence-corrected chi connectivity index (χ4v) is 5.12. The molecule has 0 unspecified atom stereocenters. The molecule has 0 bridgehead atoms. The van der Waals surface area contributed by atoms with Crippen molar-refractivity contribution in [3.05, 3.63) is 95.9 Å². The monoisotopic (exact) mass is 442 g/mol. The highest BCUT2D eigenvalue weighted by atomic mass is 32.2. The first-order chi connectivity index (χ1) is 15.8. The van der Waals surface area contributed by atoms with Crippen molar-refractivity contribution in [2.45, 2.75) is 30.0 Å². The average Bonchev–Trinajstić information content (AvgIpc) is 3.51. The van der Waals surface area contributed by atoms with E-state index in [1.54, 1.807) is 11.8 Å². The number of anilines is 1. The number of carbonyl (C=O) groups is 1. The van der Waals surface area contributed by atoms with Crippen LogP contribution in [0.3, 0.4) is 0 Å². The number of para-hydroxylation sites is 1. The van der Waals surface area contributed by atoms with Gasteiger partial charge in [-0.05, 0) is 48.7 Å². The normalized spacial score (nSPS) is 13.6. The molecule has 2 aromatic heterocycles. The van der Waals surface area contributed by atoms with Gasteiger partial charge in [-0.2, -0.15) is 0 Å². The van der Waals surface area contributed by atoms with Crippen molar-refractivity contribution in [3.8, 4) is 0 Å². The van der Waals surface area contributed by atoms with E-state index in [0.29, 0.717) is 17.9 Å². The number of pyridine rings is 1. The molecule has 5 rings (SSSR count). The van der Waals surface area contributed by atoms with E-state index >= 15 is 0 Å². The first-order valence-electron chi connectivity index (χ1n) is 11.0. The molecule has 0 atom stereocenters. The first kappa shape index (κ1) is 20.6. The number of carbonyl (C=O) groups excluding carboxylic acids is 1. The van der Waals surface area contributed by atoms with Crippen LogP contribution in [0.15, 0.2) is 84.0 Å². The third-order valence-electron chi connectivity index (χ3n) is 5.80. The van der Waals surface area contributed by atoms with Crippen LogP contribution < -0.4 is 10.2 Å². The predicted molar refractivity (Wildman–Crippen MR) is 130 cm³/mol. The van der Waals surface area contributed by atoms with E-state index in [1.807, 2.05) is 65.3 Å². The van der Waals surface area contributed by atoms with Gasteiger partial charge in [0, 0.05) is 48.4 Å². The Kier molecular flexibility index (Phi) is 6.12. The number of amides is 1. The highest BCUT2D eigenvalue weighted by Gasteiger charge is 2.17. The number of nitrogens with zero attached hydrogens (tertiary/aromatic N) is 3. The summed E-state index contributed by atoms with van der Waals surface area (Å²) in [5, 5.41) is 3.14. The molecule has 32 heavy (non-hydrogen) atoms. The lowest BCUT2D eigenvalue weighted by Crippen LogP contribution is -2.26. The van der Waals surface area contributed by atoms with E-state index < -0.39 is 0 Å². The standard InChI is InChI=1S/C26H26N4OS/c31-26(27-17-20-9-1-3-11-23(20)29-14-7-8-15-29)22-10-2-4-12-24(22)32-19-21-18-30-16-6-5-13-25(30)28-21/h1-6,9-13,16,18H,7-8,14-15,17,19H2,(H,27,31). The number of rotatable bonds is 7. The van der Waals surface area contributed by atoms with E-state index in [9.17, 15) is 4.79 Å². The van der Waals surface area contributed by atoms with Crippen LogP contribution in [0.2, 0.25) is 0 Å². The second-order valence-corrected chi connectivity index (χ2v) is 9.01. The molecule has 0 radical (unpaired) electrons. The summed E-state index contributed by atoms with van der Waals surface area (Å²) >= 11 is 1.64. The molecule has 1 aliphatic rings. The van der Waals surface area contributed by atoms with Gasteiger partial charge in [-0.25, -0.2) is 4.98 Å². The highest BCUT2D eigenvalue weighted by Crippen LogP contribution is 2.27. The van der Waals surface area contributed by atoms with Crippen molar-refractivity contribution in [3.63, 3.8) is 0 Å². The molecule has 0 spiro atoms. The summed E-state index contributed by atoms with van der Waals surface area (Å²) < 4.78 is 2.02. The van der Waals surface area contributed by atoms with Gasteiger partial charge in [0.2, 0.25) is 0 Å². The molecule has 1 fully saturated rings. The van der Waals surface area contributed by atoms with E-state index in [1.165, 1.54) is 18.5 Å². The smallest absolute Gasteiger partial charge is 0.252 e. The molecule has 1 aliphatic heterocycles. The molecular formula is C26H26N4OS. The van der Waals surface area contributed by atoms with Gasteiger partial charge in [-0.15, -0.1) is 11.8 Å². The largest absolute Gasteiger partial charge is 0.371 e. The van der Waals surface area contributed by atoms with Crippen LogP contribution in [0.4, 0.5) is 5.69 Å². The van der Waals surface area contributed by atoms with Gasteiger partial charge < -0.3 is 14.6 Å². The highest BCUT2D eigenvalue weighted by molar-refractivity contribution is 7.98. The number of hydrogen-bond donors (Lipinski definition) is 1. The first-order valence-corrected chi connectivity index (χ1v) is 12.0. The van der Waals surface area contributed by atoms with Gasteiger partial charge in [0.1, 0.15) is 5.65 Å². The molecule has 6 heteroatoms. The van der Waals surface area contributed by atoms with Gasteiger partial charge in [-0.3, -0.25) is 4.79 Å². The summed E-state index contributed by atoms with van der Waals surface area (Å²) in [7, 11) is 0. The van der Waals surface area contributed by atoms with Crippen LogP contribution in [0.5, 0.6) is 0 Å². The van der Waals surface area contributed by atoms with Crippen LogP contribution in [0.25, 0.3) is 5.65 Å². The minimum atomic E-state index is -0.0423. The molecular weight excluding hydrogens is 416 g/mol. The molecule has 1 saturated heterocycles. The Morgan fingerprint density at radius 1 is 0.969 bits per heavy atom. The summed E-state index contributed by atoms with van der Waals surface area (Å²) in [6.07, 6.45) is 6.51. The summed E-state index contributed by atoms with van der Waals surface area (Å²) in [5.41, 5.74) is 5.04. The van der Waals surface area contributed by atoms with Crippen molar-refractivity contribution >= 4 is 29.0 Å². The average molecular weight is 443 g/mol. The summed E-state index contributed by atoms with van der Waals surface area (Å²) in [6, 6.07) is 22.2. The number of thioether (sulfide) groups is 1. The number of benzene rings is 2. The predicted octanol–water partition coefficient (Wildman–Crippen LogP) is 5.16. The van der Waals surface area contributed by atoms with Gasteiger partial charge >= 0.3 is 0 Å². The number of hydrogen-bond acceptors (Lipinski definition) is 4. The Morgan fingerprint density at radius 3 is 2.62 bits per heavy atom. The quantitative estimate of drug-likeness (QED) is 0.402. The van der Waals surface area contributed by atoms with Gasteiger partial charge in [0.15, 0.2) is 0 Å². The van der Waals surface area contributed by atoms with Crippen molar-refractivity contribution in [2.75, 3.05) is 18.0 Å². The summed E-state index contributed by atoms with van der Waals surface area (Å²) in [6.45, 7) is 2.71. The van der Waals surface area contributed by atoms with Crippen LogP contribution >= 0.6 is 11.8 Å². The SMILES string of the molecule is O=C(NCc1ccccc1N1CCCC1)c1ccccc1SCc1cn2ccccc2n1. The molecule has 4 aromatic rings. The maximum Gasteiger partial charge on any atom is 0.252 e. The Labute approximate surface area is 192 Å². The van der Waals surface area contributed by atoms with E-state index in [2.05, 4.69) is 33.4 Å². The van der Waals surface area contributed by atoms with Crippen molar-refractivity contribution < 1.29 is 4.79 Å². The van der Waals surface area contributed by atoms with Crippen LogP contribution in [0.1, 0.15) is 34.5 Å². The van der Waals surface area contributed by atoms with Gasteiger partial charge in [-0.1, -0.05) is 36.4 Å². The van der Waals surface area contributed by atoms with Crippen LogP contribution in [-0.2, 0) is 12.3 Å². The molecule has 0 aliphatic carbocycles. The second kappa shape index (κ2) is 9.49. The maximum absolute atomic E-state index is 13.1. The zero-order valence-electron chi connectivity index (χ0n) is 17.9. The third kappa shape index (κ3) is 4.50. The number of aromatic nitrogens is 2. The van der Waals surface area contributed by atoms with Gasteiger partial charge in [0.05, 0.1) is 11.3 Å². The van der Waals surface area contributed by atoms with Crippen molar-refractivity contribution in [1.29, 1.82) is 0 Å². The topological polar surface area (TPSA) is 49.6 Å². The lowest BCUT2D eigenvalue weighted by atomic mass is 10.1. The fourth-order valence-electron chi connectivity index (χ4n) is 4.19.